The van der Waals surface area contributed by atoms with Crippen molar-refractivity contribution in [1.29, 1.82) is 5.26 Å². The molecule has 88 valence electrons. The van der Waals surface area contributed by atoms with Crippen molar-refractivity contribution in [2.24, 2.45) is 4.99 Å². The van der Waals surface area contributed by atoms with E-state index >= 15 is 0 Å². The summed E-state index contributed by atoms with van der Waals surface area (Å²) in [6, 6.07) is 4.66. The minimum atomic E-state index is -1.06. The Morgan fingerprint density at radius 2 is 2.35 bits per heavy atom. The number of hydrogen-bond acceptors (Lipinski definition) is 4. The zero-order valence-electron chi connectivity index (χ0n) is 8.77. The summed E-state index contributed by atoms with van der Waals surface area (Å²) in [6.45, 7) is 0. The average molecular weight is 314 g/mol. The Labute approximate surface area is 111 Å². The molecule has 17 heavy (non-hydrogen) atoms. The number of nitrogens with zero attached hydrogens (tertiary/aromatic N) is 2. The second-order valence-corrected chi connectivity index (χ2v) is 4.54. The minimum Gasteiger partial charge on any atom is -0.478 e. The number of hydrogen-bond donors (Lipinski definition) is 2. The summed E-state index contributed by atoms with van der Waals surface area (Å²) >= 11 is 4.47. The Morgan fingerprint density at radius 3 is 2.88 bits per heavy atom. The lowest BCUT2D eigenvalue weighted by atomic mass is 10.2. The van der Waals surface area contributed by atoms with Gasteiger partial charge in [0, 0.05) is 4.47 Å². The maximum atomic E-state index is 11.0. The zero-order valence-corrected chi connectivity index (χ0v) is 11.2. The number of amidine groups is 1. The normalized spacial score (nSPS) is 10.8. The first kappa shape index (κ1) is 13.5. The molecule has 0 bridgehead atoms. The number of benzene rings is 1. The summed E-state index contributed by atoms with van der Waals surface area (Å²) in [5.41, 5.74) is 0.374. The van der Waals surface area contributed by atoms with Crippen molar-refractivity contribution in [3.63, 3.8) is 0 Å². The van der Waals surface area contributed by atoms with E-state index < -0.39 is 5.97 Å². The standard InChI is InChI=1S/C10H8BrN3O2S/c1-17-10(13-5-12)14-8-4-6(11)2-3-7(8)9(15)16/h2-4H,1H3,(H,13,14)(H,15,16). The summed E-state index contributed by atoms with van der Waals surface area (Å²) in [5, 5.41) is 20.2. The Kier molecular flexibility index (Phi) is 5.00. The number of thioether (sulfide) groups is 1. The highest BCUT2D eigenvalue weighted by Crippen LogP contribution is 2.25. The number of carboxylic acid groups (broad SMARTS) is 1. The van der Waals surface area contributed by atoms with Crippen molar-refractivity contribution in [3.05, 3.63) is 28.2 Å². The molecule has 0 saturated carbocycles. The summed E-state index contributed by atoms with van der Waals surface area (Å²) in [5.74, 6) is -1.06. The molecule has 1 aromatic carbocycles. The lowest BCUT2D eigenvalue weighted by Gasteiger charge is -2.04. The van der Waals surface area contributed by atoms with Crippen LogP contribution in [0.3, 0.4) is 0 Å². The van der Waals surface area contributed by atoms with Crippen LogP contribution in [0.2, 0.25) is 0 Å². The number of aromatic carboxylic acids is 1. The van der Waals surface area contributed by atoms with Crippen LogP contribution in [0.1, 0.15) is 10.4 Å². The number of carbonyl (C=O) groups is 1. The minimum absolute atomic E-state index is 0.0829. The van der Waals surface area contributed by atoms with Gasteiger partial charge in [0.15, 0.2) is 11.4 Å². The Morgan fingerprint density at radius 1 is 1.65 bits per heavy atom. The van der Waals surface area contributed by atoms with Crippen LogP contribution in [0.5, 0.6) is 0 Å². The predicted octanol–water partition coefficient (Wildman–Crippen LogP) is 2.57. The van der Waals surface area contributed by atoms with Gasteiger partial charge < -0.3 is 5.11 Å². The second kappa shape index (κ2) is 6.27. The molecule has 5 nitrogen and oxygen atoms in total. The van der Waals surface area contributed by atoms with Gasteiger partial charge in [-0.2, -0.15) is 5.26 Å². The molecule has 1 rings (SSSR count). The van der Waals surface area contributed by atoms with Crippen LogP contribution in [-0.2, 0) is 0 Å². The van der Waals surface area contributed by atoms with Gasteiger partial charge in [-0.05, 0) is 24.5 Å². The van der Waals surface area contributed by atoms with Crippen molar-refractivity contribution in [2.45, 2.75) is 0 Å². The van der Waals surface area contributed by atoms with E-state index in [1.54, 1.807) is 24.6 Å². The highest BCUT2D eigenvalue weighted by molar-refractivity contribution is 9.10. The predicted molar refractivity (Wildman–Crippen MR) is 70.5 cm³/mol. The molecule has 0 aromatic heterocycles. The highest BCUT2D eigenvalue weighted by atomic mass is 79.9. The number of rotatable bonds is 2. The summed E-state index contributed by atoms with van der Waals surface area (Å²) in [6.07, 6.45) is 3.48. The molecule has 0 amide bonds. The van der Waals surface area contributed by atoms with E-state index in [2.05, 4.69) is 26.2 Å². The van der Waals surface area contributed by atoms with Crippen LogP contribution < -0.4 is 5.32 Å². The molecule has 0 aliphatic carbocycles. The van der Waals surface area contributed by atoms with E-state index in [9.17, 15) is 4.79 Å². The van der Waals surface area contributed by atoms with Gasteiger partial charge in [-0.15, -0.1) is 0 Å². The van der Waals surface area contributed by atoms with Gasteiger partial charge in [-0.3, -0.25) is 5.32 Å². The third-order valence-corrected chi connectivity index (χ3v) is 2.84. The van der Waals surface area contributed by atoms with E-state index in [0.29, 0.717) is 10.9 Å². The fraction of sp³-hybridized carbons (Fsp3) is 0.100. The molecule has 0 heterocycles. The molecule has 0 atom stereocenters. The van der Waals surface area contributed by atoms with Gasteiger partial charge in [0.05, 0.1) is 11.3 Å². The van der Waals surface area contributed by atoms with Gasteiger partial charge in [0.25, 0.3) is 0 Å². The number of halogens is 1. The van der Waals surface area contributed by atoms with Crippen LogP contribution in [0.25, 0.3) is 0 Å². The molecule has 0 saturated heterocycles. The van der Waals surface area contributed by atoms with Crippen molar-refractivity contribution < 1.29 is 9.90 Å². The largest absolute Gasteiger partial charge is 0.478 e. The molecule has 0 fully saturated rings. The molecular formula is C10H8BrN3O2S. The Bertz CT molecular complexity index is 511. The van der Waals surface area contributed by atoms with Crippen LogP contribution in [0.4, 0.5) is 5.69 Å². The molecule has 0 aliphatic rings. The first-order valence-corrected chi connectivity index (χ1v) is 6.41. The zero-order chi connectivity index (χ0) is 12.8. The van der Waals surface area contributed by atoms with Gasteiger partial charge in [-0.1, -0.05) is 27.7 Å². The van der Waals surface area contributed by atoms with Crippen LogP contribution in [0.15, 0.2) is 27.7 Å². The summed E-state index contributed by atoms with van der Waals surface area (Å²) in [7, 11) is 0. The smallest absolute Gasteiger partial charge is 0.337 e. The van der Waals surface area contributed by atoms with Gasteiger partial charge in [-0.25, -0.2) is 9.79 Å². The van der Waals surface area contributed by atoms with Gasteiger partial charge in [0.2, 0.25) is 0 Å². The van der Waals surface area contributed by atoms with Crippen LogP contribution >= 0.6 is 27.7 Å². The highest BCUT2D eigenvalue weighted by Gasteiger charge is 2.10. The maximum Gasteiger partial charge on any atom is 0.337 e. The molecule has 0 unspecified atom stereocenters. The number of carboxylic acids is 1. The lowest BCUT2D eigenvalue weighted by molar-refractivity contribution is 0.0698. The second-order valence-electron chi connectivity index (χ2n) is 2.82. The molecule has 1 aromatic rings. The van der Waals surface area contributed by atoms with E-state index in [1.165, 1.54) is 17.8 Å². The van der Waals surface area contributed by atoms with Crippen molar-refractivity contribution in [2.75, 3.05) is 6.26 Å². The average Bonchev–Trinajstić information content (AvgIpc) is 2.28. The van der Waals surface area contributed by atoms with Gasteiger partial charge >= 0.3 is 5.97 Å². The molecule has 0 aliphatic heterocycles. The van der Waals surface area contributed by atoms with Gasteiger partial charge in [0.1, 0.15) is 0 Å². The fourth-order valence-electron chi connectivity index (χ4n) is 1.06. The Hall–Kier alpha value is -1.52. The van der Waals surface area contributed by atoms with E-state index in [4.69, 9.17) is 10.4 Å². The first-order valence-electron chi connectivity index (χ1n) is 4.39. The fourth-order valence-corrected chi connectivity index (χ4v) is 1.75. The lowest BCUT2D eigenvalue weighted by Crippen LogP contribution is -2.12. The molecule has 7 heteroatoms. The van der Waals surface area contributed by atoms with E-state index in [1.807, 2.05) is 0 Å². The molecular weight excluding hydrogens is 306 g/mol. The Balaban J connectivity index is 3.24. The third-order valence-electron chi connectivity index (χ3n) is 1.77. The van der Waals surface area contributed by atoms with Crippen LogP contribution in [-0.4, -0.2) is 22.5 Å². The number of aliphatic imine (C=N–C) groups is 1. The van der Waals surface area contributed by atoms with Crippen LogP contribution in [0, 0.1) is 11.5 Å². The quantitative estimate of drug-likeness (QED) is 0.379. The number of nitriles is 1. The van der Waals surface area contributed by atoms with Crippen molar-refractivity contribution >= 4 is 44.5 Å². The van der Waals surface area contributed by atoms with E-state index in [-0.39, 0.29) is 5.56 Å². The summed E-state index contributed by atoms with van der Waals surface area (Å²) < 4.78 is 0.721. The monoisotopic (exact) mass is 313 g/mol. The summed E-state index contributed by atoms with van der Waals surface area (Å²) in [4.78, 5) is 15.1. The molecule has 0 spiro atoms. The van der Waals surface area contributed by atoms with Crippen molar-refractivity contribution in [3.8, 4) is 6.19 Å². The maximum absolute atomic E-state index is 11.0. The number of nitrogens with one attached hydrogen (secondary N) is 1. The topological polar surface area (TPSA) is 85.5 Å². The first-order chi connectivity index (χ1) is 8.08. The van der Waals surface area contributed by atoms with Crippen molar-refractivity contribution in [1.82, 2.24) is 5.32 Å². The third kappa shape index (κ3) is 3.76. The molecule has 2 N–H and O–H groups in total. The molecule has 0 radical (unpaired) electrons. The van der Waals surface area contributed by atoms with E-state index in [0.717, 1.165) is 4.47 Å². The SMILES string of the molecule is CSC(=Nc1cc(Br)ccc1C(=O)O)NC#N.